The van der Waals surface area contributed by atoms with Crippen LogP contribution < -0.4 is 0 Å². The van der Waals surface area contributed by atoms with E-state index < -0.39 is 0 Å². The first kappa shape index (κ1) is 17.5. The molecule has 1 fully saturated rings. The summed E-state index contributed by atoms with van der Waals surface area (Å²) in [6.07, 6.45) is 8.90. The Kier molecular flexibility index (Phi) is 5.00. The molecular weight excluding hydrogens is 340 g/mol. The summed E-state index contributed by atoms with van der Waals surface area (Å²) >= 11 is 0. The van der Waals surface area contributed by atoms with E-state index in [9.17, 15) is 4.79 Å². The van der Waals surface area contributed by atoms with Gasteiger partial charge in [-0.2, -0.15) is 0 Å². The highest BCUT2D eigenvalue weighted by Gasteiger charge is 2.30. The van der Waals surface area contributed by atoms with E-state index in [4.69, 9.17) is 0 Å². The molecule has 1 saturated heterocycles. The van der Waals surface area contributed by atoms with Crippen LogP contribution >= 0.6 is 0 Å². The Morgan fingerprint density at radius 2 is 2.07 bits per heavy atom. The normalized spacial score (nSPS) is 16.8. The molecule has 140 valence electrons. The van der Waals surface area contributed by atoms with Gasteiger partial charge < -0.3 is 14.0 Å². The summed E-state index contributed by atoms with van der Waals surface area (Å²) in [5, 5.41) is 8.39. The SMILES string of the molecule is Cn1cncc1C(=O)N1CCCC1CCc1nncn1Cc1ccccc1. The largest absolute Gasteiger partial charge is 0.334 e. The van der Waals surface area contributed by atoms with Gasteiger partial charge in [0.1, 0.15) is 17.8 Å². The number of aromatic nitrogens is 5. The van der Waals surface area contributed by atoms with Crippen LogP contribution in [0.15, 0.2) is 49.2 Å². The van der Waals surface area contributed by atoms with Gasteiger partial charge in [0.05, 0.1) is 19.1 Å². The molecule has 0 spiro atoms. The molecule has 1 amide bonds. The van der Waals surface area contributed by atoms with Crippen LogP contribution in [-0.2, 0) is 20.0 Å². The summed E-state index contributed by atoms with van der Waals surface area (Å²) in [7, 11) is 1.86. The molecule has 1 aromatic carbocycles. The first-order valence-electron chi connectivity index (χ1n) is 9.40. The van der Waals surface area contributed by atoms with E-state index in [0.717, 1.165) is 44.6 Å². The van der Waals surface area contributed by atoms with Crippen LogP contribution in [0.25, 0.3) is 0 Å². The van der Waals surface area contributed by atoms with Gasteiger partial charge in [0.25, 0.3) is 5.91 Å². The number of aryl methyl sites for hydroxylation is 2. The number of likely N-dealkylation sites (tertiary alicyclic amines) is 1. The van der Waals surface area contributed by atoms with Crippen LogP contribution in [0.5, 0.6) is 0 Å². The minimum absolute atomic E-state index is 0.0725. The molecule has 3 heterocycles. The Hall–Kier alpha value is -2.96. The summed E-state index contributed by atoms with van der Waals surface area (Å²) in [6, 6.07) is 10.6. The van der Waals surface area contributed by atoms with Gasteiger partial charge in [0.15, 0.2) is 0 Å². The molecule has 1 unspecified atom stereocenters. The molecule has 7 heteroatoms. The quantitative estimate of drug-likeness (QED) is 0.673. The molecule has 0 N–H and O–H groups in total. The molecule has 4 rings (SSSR count). The predicted octanol–water partition coefficient (Wildman–Crippen LogP) is 2.30. The fraction of sp³-hybridized carbons (Fsp3) is 0.400. The van der Waals surface area contributed by atoms with Crippen LogP contribution in [0, 0.1) is 0 Å². The Morgan fingerprint density at radius 3 is 2.85 bits per heavy atom. The zero-order valence-corrected chi connectivity index (χ0v) is 15.5. The summed E-state index contributed by atoms with van der Waals surface area (Å²) < 4.78 is 3.88. The van der Waals surface area contributed by atoms with Gasteiger partial charge in [-0.1, -0.05) is 30.3 Å². The third-order valence-electron chi connectivity index (χ3n) is 5.27. The van der Waals surface area contributed by atoms with Crippen molar-refractivity contribution in [3.8, 4) is 0 Å². The van der Waals surface area contributed by atoms with Crippen LogP contribution in [-0.4, -0.2) is 47.7 Å². The summed E-state index contributed by atoms with van der Waals surface area (Å²) in [6.45, 7) is 1.58. The van der Waals surface area contributed by atoms with E-state index in [1.54, 1.807) is 23.4 Å². The summed E-state index contributed by atoms with van der Waals surface area (Å²) in [5.74, 6) is 1.04. The maximum atomic E-state index is 12.8. The molecule has 2 aromatic heterocycles. The lowest BCUT2D eigenvalue weighted by Crippen LogP contribution is -2.36. The minimum Gasteiger partial charge on any atom is -0.334 e. The molecule has 0 aliphatic carbocycles. The van der Waals surface area contributed by atoms with E-state index >= 15 is 0 Å². The number of imidazole rings is 1. The molecule has 27 heavy (non-hydrogen) atoms. The fourth-order valence-electron chi connectivity index (χ4n) is 3.79. The van der Waals surface area contributed by atoms with Gasteiger partial charge in [0.2, 0.25) is 0 Å². The zero-order valence-electron chi connectivity index (χ0n) is 15.5. The number of benzene rings is 1. The Morgan fingerprint density at radius 1 is 1.22 bits per heavy atom. The number of nitrogens with zero attached hydrogens (tertiary/aromatic N) is 6. The summed E-state index contributed by atoms with van der Waals surface area (Å²) in [4.78, 5) is 18.9. The van der Waals surface area contributed by atoms with E-state index in [1.165, 1.54) is 5.56 Å². The molecule has 1 atom stereocenters. The van der Waals surface area contributed by atoms with Gasteiger partial charge in [-0.25, -0.2) is 4.98 Å². The number of hydrogen-bond donors (Lipinski definition) is 0. The highest BCUT2D eigenvalue weighted by Crippen LogP contribution is 2.23. The van der Waals surface area contributed by atoms with Crippen molar-refractivity contribution in [2.75, 3.05) is 6.54 Å². The molecule has 7 nitrogen and oxygen atoms in total. The first-order chi connectivity index (χ1) is 13.2. The average Bonchev–Trinajstić information content (AvgIpc) is 3.41. The Balaban J connectivity index is 1.41. The number of carbonyl (C=O) groups is 1. The molecule has 0 saturated carbocycles. The van der Waals surface area contributed by atoms with Crippen molar-refractivity contribution >= 4 is 5.91 Å². The van der Waals surface area contributed by atoms with E-state index in [2.05, 4.69) is 31.9 Å². The Bertz CT molecular complexity index is 900. The Labute approximate surface area is 158 Å². The van der Waals surface area contributed by atoms with Crippen molar-refractivity contribution in [1.82, 2.24) is 29.2 Å². The van der Waals surface area contributed by atoms with Crippen molar-refractivity contribution in [1.29, 1.82) is 0 Å². The molecule has 0 bridgehead atoms. The van der Waals surface area contributed by atoms with E-state index in [-0.39, 0.29) is 11.9 Å². The smallest absolute Gasteiger partial charge is 0.272 e. The maximum Gasteiger partial charge on any atom is 0.272 e. The summed E-state index contributed by atoms with van der Waals surface area (Å²) in [5.41, 5.74) is 1.88. The first-order valence-corrected chi connectivity index (χ1v) is 9.40. The van der Waals surface area contributed by atoms with Crippen molar-refractivity contribution < 1.29 is 4.79 Å². The predicted molar refractivity (Wildman–Crippen MR) is 101 cm³/mol. The molecule has 1 aliphatic rings. The highest BCUT2D eigenvalue weighted by molar-refractivity contribution is 5.92. The van der Waals surface area contributed by atoms with Crippen molar-refractivity contribution in [2.45, 2.75) is 38.3 Å². The van der Waals surface area contributed by atoms with Crippen molar-refractivity contribution in [3.63, 3.8) is 0 Å². The molecule has 3 aromatic rings. The van der Waals surface area contributed by atoms with Crippen LogP contribution in [0.1, 0.15) is 41.1 Å². The standard InChI is InChI=1S/C20H24N6O/c1-24-14-21-12-18(24)20(27)26-11-5-8-17(26)9-10-19-23-22-15-25(19)13-16-6-3-2-4-7-16/h2-4,6-7,12,14-15,17H,5,8-11,13H2,1H3. The lowest BCUT2D eigenvalue weighted by Gasteiger charge is -2.24. The van der Waals surface area contributed by atoms with Crippen LogP contribution in [0.3, 0.4) is 0 Å². The second kappa shape index (κ2) is 7.73. The highest BCUT2D eigenvalue weighted by atomic mass is 16.2. The second-order valence-electron chi connectivity index (χ2n) is 7.08. The maximum absolute atomic E-state index is 12.8. The van der Waals surface area contributed by atoms with Gasteiger partial charge in [-0.3, -0.25) is 4.79 Å². The number of rotatable bonds is 6. The van der Waals surface area contributed by atoms with Gasteiger partial charge >= 0.3 is 0 Å². The molecule has 0 radical (unpaired) electrons. The van der Waals surface area contributed by atoms with Crippen molar-refractivity contribution in [3.05, 3.63) is 66.3 Å². The topological polar surface area (TPSA) is 68.8 Å². The lowest BCUT2D eigenvalue weighted by atomic mass is 10.1. The van der Waals surface area contributed by atoms with Gasteiger partial charge in [0, 0.05) is 26.1 Å². The van der Waals surface area contributed by atoms with Crippen LogP contribution in [0.4, 0.5) is 0 Å². The number of hydrogen-bond acceptors (Lipinski definition) is 4. The monoisotopic (exact) mass is 364 g/mol. The number of carbonyl (C=O) groups excluding carboxylic acids is 1. The molecule has 1 aliphatic heterocycles. The second-order valence-corrected chi connectivity index (χ2v) is 7.08. The van der Waals surface area contributed by atoms with Crippen molar-refractivity contribution in [2.24, 2.45) is 7.05 Å². The zero-order chi connectivity index (χ0) is 18.6. The average molecular weight is 364 g/mol. The van der Waals surface area contributed by atoms with E-state index in [0.29, 0.717) is 5.69 Å². The third kappa shape index (κ3) is 3.77. The van der Waals surface area contributed by atoms with Crippen LogP contribution in [0.2, 0.25) is 0 Å². The van der Waals surface area contributed by atoms with Gasteiger partial charge in [-0.05, 0) is 24.8 Å². The number of amides is 1. The fourth-order valence-corrected chi connectivity index (χ4v) is 3.79. The molecular formula is C20H24N6O. The van der Waals surface area contributed by atoms with Gasteiger partial charge in [-0.15, -0.1) is 10.2 Å². The van der Waals surface area contributed by atoms with E-state index in [1.807, 2.05) is 30.1 Å². The third-order valence-corrected chi connectivity index (χ3v) is 5.27. The minimum atomic E-state index is 0.0725. The lowest BCUT2D eigenvalue weighted by molar-refractivity contribution is 0.0720.